The Morgan fingerprint density at radius 1 is 0.810 bits per heavy atom. The summed E-state index contributed by atoms with van der Waals surface area (Å²) in [4.78, 5) is 36.0. The molecular weight excluding hydrogens is 558 g/mol. The smallest absolute Gasteiger partial charge is 0.328 e. The summed E-state index contributed by atoms with van der Waals surface area (Å²) < 4.78 is 6.76. The van der Waals surface area contributed by atoms with E-state index in [1.165, 1.54) is 30.6 Å². The van der Waals surface area contributed by atoms with Gasteiger partial charge in [-0.3, -0.25) is 9.69 Å². The van der Waals surface area contributed by atoms with Crippen LogP contribution in [-0.4, -0.2) is 69.3 Å². The van der Waals surface area contributed by atoms with Crippen LogP contribution in [0.15, 0.2) is 78.9 Å². The van der Waals surface area contributed by atoms with E-state index >= 15 is 0 Å². The third-order valence-corrected chi connectivity index (χ3v) is 7.84. The molecule has 2 heterocycles. The molecule has 1 aromatic heterocycles. The molecule has 4 aromatic rings. The number of phenolic OH excluding ortho intramolecular Hbond substituents is 2. The third kappa shape index (κ3) is 8.18. The Labute approximate surface area is 246 Å². The summed E-state index contributed by atoms with van der Waals surface area (Å²) in [6, 6.07) is 19.2. The van der Waals surface area contributed by atoms with E-state index in [2.05, 4.69) is 4.90 Å². The molecule has 1 aliphatic rings. The second-order valence-electron chi connectivity index (χ2n) is 9.65. The van der Waals surface area contributed by atoms with Gasteiger partial charge in [0, 0.05) is 44.8 Å². The summed E-state index contributed by atoms with van der Waals surface area (Å²) in [5.41, 5.74) is 2.03. The first-order valence-electron chi connectivity index (χ1n) is 13.4. The molecule has 0 unspecified atom stereocenters. The highest BCUT2D eigenvalue weighted by Gasteiger charge is 2.22. The number of carbonyl (C=O) groups excluding carboxylic acids is 1. The molecule has 1 aliphatic heterocycles. The number of fused-ring (bicyclic) bond motifs is 1. The van der Waals surface area contributed by atoms with Crippen molar-refractivity contribution in [2.45, 2.75) is 19.3 Å². The van der Waals surface area contributed by atoms with E-state index in [1.807, 2.05) is 24.3 Å². The maximum Gasteiger partial charge on any atom is 0.328 e. The number of rotatable bonds is 9. The van der Waals surface area contributed by atoms with Crippen molar-refractivity contribution in [3.05, 3.63) is 90.0 Å². The maximum absolute atomic E-state index is 13.6. The number of phenols is 2. The molecule has 1 fully saturated rings. The number of aromatic hydroxyl groups is 2. The van der Waals surface area contributed by atoms with Gasteiger partial charge in [0.05, 0.1) is 0 Å². The molecule has 4 N–H and O–H groups in total. The topological polar surface area (TPSA) is 145 Å². The van der Waals surface area contributed by atoms with E-state index in [-0.39, 0.29) is 17.3 Å². The van der Waals surface area contributed by atoms with Crippen molar-refractivity contribution in [3.63, 3.8) is 0 Å². The van der Waals surface area contributed by atoms with Crippen molar-refractivity contribution in [3.8, 4) is 27.7 Å². The van der Waals surface area contributed by atoms with Crippen LogP contribution in [0.5, 0.6) is 17.2 Å². The van der Waals surface area contributed by atoms with Crippen LogP contribution in [0.1, 0.15) is 35.2 Å². The quantitative estimate of drug-likeness (QED) is 0.141. The molecule has 10 heteroatoms. The van der Waals surface area contributed by atoms with Crippen molar-refractivity contribution < 1.29 is 39.5 Å². The van der Waals surface area contributed by atoms with Gasteiger partial charge in [-0.2, -0.15) is 0 Å². The Balaban J connectivity index is 0.000000446. The van der Waals surface area contributed by atoms with Crippen LogP contribution >= 0.6 is 11.3 Å². The van der Waals surface area contributed by atoms with Crippen molar-refractivity contribution in [2.24, 2.45) is 0 Å². The lowest BCUT2D eigenvalue weighted by Crippen LogP contribution is -2.33. The van der Waals surface area contributed by atoms with Gasteiger partial charge in [0.15, 0.2) is 5.78 Å². The Morgan fingerprint density at radius 3 is 2.05 bits per heavy atom. The molecule has 3 aromatic carbocycles. The number of ether oxygens (including phenoxy) is 1. The summed E-state index contributed by atoms with van der Waals surface area (Å²) in [7, 11) is 0. The fraction of sp³-hybridized carbons (Fsp3) is 0.219. The lowest BCUT2D eigenvalue weighted by atomic mass is 9.97. The Kier molecular flexibility index (Phi) is 10.3. The van der Waals surface area contributed by atoms with Gasteiger partial charge >= 0.3 is 11.9 Å². The molecule has 0 spiro atoms. The molecule has 9 nitrogen and oxygen atoms in total. The number of nitrogens with zero attached hydrogens (tertiary/aromatic N) is 1. The predicted molar refractivity (Wildman–Crippen MR) is 161 cm³/mol. The van der Waals surface area contributed by atoms with Crippen LogP contribution in [-0.2, 0) is 9.59 Å². The SMILES string of the molecule is O=C(O)/C=C/C(=O)O.O=C(c1ccc(OCCN2CCCCC2)cc1)c1c(-c2ccc(O)cc2)sc2cc(O)ccc12. The number of piperidine rings is 1. The first kappa shape index (κ1) is 30.3. The number of carboxylic acids is 2. The molecule has 0 radical (unpaired) electrons. The summed E-state index contributed by atoms with van der Waals surface area (Å²) in [6.07, 6.45) is 4.96. The number of hydrogen-bond donors (Lipinski definition) is 4. The van der Waals surface area contributed by atoms with E-state index in [1.54, 1.807) is 42.5 Å². The second kappa shape index (κ2) is 14.3. The Morgan fingerprint density at radius 2 is 1.43 bits per heavy atom. The standard InChI is InChI=1S/C28H27NO4S.C4H4O4/c30-21-8-4-20(5-9-21)28-26(24-13-10-22(31)18-25(24)34-28)27(32)19-6-11-23(12-7-19)33-17-16-29-14-2-1-3-15-29;5-3(6)1-2-4(7)8/h4-13,18,30-31H,1-3,14-17H2;1-2H,(H,5,6)(H,7,8)/b;2-1+. The van der Waals surface area contributed by atoms with Gasteiger partial charge in [0.1, 0.15) is 23.9 Å². The van der Waals surface area contributed by atoms with Crippen molar-refractivity contribution in [2.75, 3.05) is 26.2 Å². The monoisotopic (exact) mass is 589 g/mol. The van der Waals surface area contributed by atoms with Gasteiger partial charge in [0.25, 0.3) is 0 Å². The highest BCUT2D eigenvalue weighted by molar-refractivity contribution is 7.22. The van der Waals surface area contributed by atoms with Crippen LogP contribution in [0.2, 0.25) is 0 Å². The lowest BCUT2D eigenvalue weighted by Gasteiger charge is -2.26. The van der Waals surface area contributed by atoms with Crippen LogP contribution in [0.3, 0.4) is 0 Å². The number of thiophene rings is 1. The van der Waals surface area contributed by atoms with E-state index in [9.17, 15) is 24.6 Å². The highest BCUT2D eigenvalue weighted by atomic mass is 32.1. The molecule has 0 amide bonds. The fourth-order valence-corrected chi connectivity index (χ4v) is 5.83. The Hall–Kier alpha value is -4.67. The number of benzene rings is 3. The first-order valence-corrected chi connectivity index (χ1v) is 14.2. The van der Waals surface area contributed by atoms with Crippen molar-refractivity contribution in [1.29, 1.82) is 0 Å². The molecule has 0 aliphatic carbocycles. The molecule has 0 saturated carbocycles. The molecular formula is C32H31NO8S. The zero-order chi connectivity index (χ0) is 30.1. The predicted octanol–water partition coefficient (Wildman–Crippen LogP) is 5.79. The summed E-state index contributed by atoms with van der Waals surface area (Å²) in [6.45, 7) is 3.85. The first-order chi connectivity index (χ1) is 20.2. The molecule has 218 valence electrons. The van der Waals surface area contributed by atoms with Gasteiger partial charge in [-0.05, 0) is 98.2 Å². The summed E-state index contributed by atoms with van der Waals surface area (Å²) in [5, 5.41) is 36.1. The van der Waals surface area contributed by atoms with E-state index < -0.39 is 11.9 Å². The van der Waals surface area contributed by atoms with Gasteiger partial charge in [-0.15, -0.1) is 11.3 Å². The third-order valence-electron chi connectivity index (χ3n) is 6.64. The zero-order valence-electron chi connectivity index (χ0n) is 22.7. The van der Waals surface area contributed by atoms with Crippen molar-refractivity contribution >= 4 is 39.1 Å². The molecule has 42 heavy (non-hydrogen) atoms. The van der Waals surface area contributed by atoms with Gasteiger partial charge < -0.3 is 25.2 Å². The maximum atomic E-state index is 13.6. The largest absolute Gasteiger partial charge is 0.508 e. The fourth-order valence-electron chi connectivity index (χ4n) is 4.59. The minimum absolute atomic E-state index is 0.0834. The summed E-state index contributed by atoms with van der Waals surface area (Å²) >= 11 is 1.46. The normalized spacial score (nSPS) is 13.4. The Bertz CT molecular complexity index is 1550. The van der Waals surface area contributed by atoms with E-state index in [0.29, 0.717) is 29.9 Å². The van der Waals surface area contributed by atoms with Gasteiger partial charge in [0.2, 0.25) is 0 Å². The minimum atomic E-state index is -1.26. The second-order valence-corrected chi connectivity index (χ2v) is 10.7. The number of ketones is 1. The van der Waals surface area contributed by atoms with Crippen LogP contribution in [0, 0.1) is 0 Å². The molecule has 0 atom stereocenters. The van der Waals surface area contributed by atoms with E-state index in [4.69, 9.17) is 14.9 Å². The number of carboxylic acid groups (broad SMARTS) is 2. The van der Waals surface area contributed by atoms with Crippen LogP contribution in [0.4, 0.5) is 0 Å². The van der Waals surface area contributed by atoms with Crippen LogP contribution in [0.25, 0.3) is 20.5 Å². The highest BCUT2D eigenvalue weighted by Crippen LogP contribution is 2.41. The van der Waals surface area contributed by atoms with Crippen molar-refractivity contribution in [1.82, 2.24) is 4.90 Å². The number of hydrogen-bond acceptors (Lipinski definition) is 8. The lowest BCUT2D eigenvalue weighted by molar-refractivity contribution is -0.134. The number of carbonyl (C=O) groups is 3. The van der Waals surface area contributed by atoms with Crippen LogP contribution < -0.4 is 4.74 Å². The number of likely N-dealkylation sites (tertiary alicyclic amines) is 1. The molecule has 0 bridgehead atoms. The molecule has 1 saturated heterocycles. The number of aliphatic carboxylic acids is 2. The minimum Gasteiger partial charge on any atom is -0.508 e. The average Bonchev–Trinajstić information content (AvgIpc) is 3.36. The van der Waals surface area contributed by atoms with Gasteiger partial charge in [-0.25, -0.2) is 9.59 Å². The molecule has 5 rings (SSSR count). The summed E-state index contributed by atoms with van der Waals surface area (Å²) in [5.74, 6) is -1.51. The zero-order valence-corrected chi connectivity index (χ0v) is 23.5. The van der Waals surface area contributed by atoms with Gasteiger partial charge in [-0.1, -0.05) is 6.42 Å². The average molecular weight is 590 g/mol. The van der Waals surface area contributed by atoms with E-state index in [0.717, 1.165) is 45.9 Å².